The van der Waals surface area contributed by atoms with Gasteiger partial charge in [0.1, 0.15) is 0 Å². The van der Waals surface area contributed by atoms with Gasteiger partial charge in [0.05, 0.1) is 17.5 Å². The first-order chi connectivity index (χ1) is 16.9. The second-order valence-corrected chi connectivity index (χ2v) is 11.2. The fourth-order valence-corrected chi connectivity index (χ4v) is 6.83. The van der Waals surface area contributed by atoms with Crippen LogP contribution in [0, 0.1) is 11.8 Å². The standard InChI is InChI=1S/C32H27NO2/c1-32(2,3)19-15-16-23-24(17-19)27-22-13-7-6-12-21(22)26(23)28-29(27)31(35)33(30(28)34)25-14-8-10-18-9-4-5-11-20(18)25/h4-17,26-29H,1-3H3/t26-,27-,28+,29-/m1/s1. The van der Waals surface area contributed by atoms with Crippen LogP contribution >= 0.6 is 0 Å². The van der Waals surface area contributed by atoms with Gasteiger partial charge in [-0.1, -0.05) is 99.6 Å². The second kappa shape index (κ2) is 6.91. The summed E-state index contributed by atoms with van der Waals surface area (Å²) in [7, 11) is 0. The van der Waals surface area contributed by atoms with E-state index in [4.69, 9.17) is 0 Å². The van der Waals surface area contributed by atoms with Gasteiger partial charge in [-0.15, -0.1) is 0 Å². The average Bonchev–Trinajstić information content (AvgIpc) is 3.13. The molecule has 0 radical (unpaired) electrons. The normalized spacial score (nSPS) is 24.5. The van der Waals surface area contributed by atoms with E-state index in [9.17, 15) is 9.59 Å². The lowest BCUT2D eigenvalue weighted by Crippen LogP contribution is -2.41. The number of hydrogen-bond donors (Lipinski definition) is 0. The van der Waals surface area contributed by atoms with E-state index in [1.54, 1.807) is 0 Å². The fraction of sp³-hybridized carbons (Fsp3) is 0.250. The van der Waals surface area contributed by atoms with Crippen molar-refractivity contribution in [3.63, 3.8) is 0 Å². The molecule has 1 aliphatic heterocycles. The van der Waals surface area contributed by atoms with Crippen molar-refractivity contribution < 1.29 is 9.59 Å². The first kappa shape index (κ1) is 20.6. The van der Waals surface area contributed by atoms with Gasteiger partial charge in [-0.3, -0.25) is 9.59 Å². The summed E-state index contributed by atoms with van der Waals surface area (Å²) in [5.74, 6) is -1.06. The summed E-state index contributed by atoms with van der Waals surface area (Å²) in [6.45, 7) is 6.66. The predicted octanol–water partition coefficient (Wildman–Crippen LogP) is 6.53. The summed E-state index contributed by atoms with van der Waals surface area (Å²) in [5.41, 5.74) is 6.83. The molecule has 0 unspecified atom stereocenters. The number of carbonyl (C=O) groups is 2. The summed E-state index contributed by atoms with van der Waals surface area (Å²) in [5, 5.41) is 1.97. The minimum Gasteiger partial charge on any atom is -0.274 e. The third-order valence-electron chi connectivity index (χ3n) is 8.41. The molecule has 0 N–H and O–H groups in total. The molecule has 35 heavy (non-hydrogen) atoms. The summed E-state index contributed by atoms with van der Waals surface area (Å²) in [6.07, 6.45) is 0. The van der Waals surface area contributed by atoms with Gasteiger partial charge in [-0.25, -0.2) is 4.90 Å². The summed E-state index contributed by atoms with van der Waals surface area (Å²) in [4.78, 5) is 29.8. The van der Waals surface area contributed by atoms with E-state index in [-0.39, 0.29) is 40.9 Å². The van der Waals surface area contributed by atoms with Crippen LogP contribution in [0.1, 0.15) is 60.4 Å². The van der Waals surface area contributed by atoms with E-state index in [1.807, 2.05) is 42.5 Å². The SMILES string of the molecule is CC(C)(C)c1ccc2c(c1)[C@H]1c3ccccc3[C@H]2[C@@H]2C(=O)N(c3cccc4ccccc34)C(=O)[C@H]12. The molecular formula is C32H27NO2. The van der Waals surface area contributed by atoms with Crippen molar-refractivity contribution in [3.8, 4) is 0 Å². The molecule has 1 saturated heterocycles. The van der Waals surface area contributed by atoms with Crippen LogP contribution in [-0.2, 0) is 15.0 Å². The maximum absolute atomic E-state index is 14.2. The molecule has 1 heterocycles. The molecule has 3 heteroatoms. The number of rotatable bonds is 1. The highest BCUT2D eigenvalue weighted by molar-refractivity contribution is 6.26. The zero-order valence-electron chi connectivity index (χ0n) is 20.2. The molecule has 2 amide bonds. The van der Waals surface area contributed by atoms with Crippen LogP contribution in [0.25, 0.3) is 10.8 Å². The topological polar surface area (TPSA) is 37.4 Å². The Bertz CT molecular complexity index is 1550. The molecule has 0 saturated carbocycles. The van der Waals surface area contributed by atoms with Crippen LogP contribution in [0.3, 0.4) is 0 Å². The molecule has 4 aromatic rings. The van der Waals surface area contributed by atoms with Gasteiger partial charge in [0, 0.05) is 17.2 Å². The molecule has 4 aromatic carbocycles. The van der Waals surface area contributed by atoms with Crippen molar-refractivity contribution in [2.24, 2.45) is 11.8 Å². The molecule has 4 aliphatic rings. The highest BCUT2D eigenvalue weighted by Gasteiger charge is 2.62. The van der Waals surface area contributed by atoms with E-state index in [2.05, 4.69) is 63.2 Å². The number of hydrogen-bond acceptors (Lipinski definition) is 2. The lowest BCUT2D eigenvalue weighted by molar-refractivity contribution is -0.122. The number of nitrogens with zero attached hydrogens (tertiary/aromatic N) is 1. The number of imide groups is 1. The monoisotopic (exact) mass is 457 g/mol. The van der Waals surface area contributed by atoms with Gasteiger partial charge < -0.3 is 0 Å². The Morgan fingerprint density at radius 3 is 1.89 bits per heavy atom. The molecule has 0 spiro atoms. The zero-order chi connectivity index (χ0) is 24.1. The number of anilines is 1. The molecule has 8 rings (SSSR count). The first-order valence-corrected chi connectivity index (χ1v) is 12.4. The smallest absolute Gasteiger partial charge is 0.238 e. The van der Waals surface area contributed by atoms with Crippen molar-refractivity contribution in [3.05, 3.63) is 113 Å². The van der Waals surface area contributed by atoms with Crippen LogP contribution in [0.5, 0.6) is 0 Å². The minimum atomic E-state index is -0.371. The average molecular weight is 458 g/mol. The molecule has 172 valence electrons. The largest absolute Gasteiger partial charge is 0.274 e. The molecule has 3 aliphatic carbocycles. The lowest BCUT2D eigenvalue weighted by Gasteiger charge is -2.46. The zero-order valence-corrected chi connectivity index (χ0v) is 20.2. The Morgan fingerprint density at radius 1 is 0.629 bits per heavy atom. The Morgan fingerprint density at radius 2 is 1.20 bits per heavy atom. The van der Waals surface area contributed by atoms with Gasteiger partial charge in [0.15, 0.2) is 0 Å². The van der Waals surface area contributed by atoms with Crippen LogP contribution in [-0.4, -0.2) is 11.8 Å². The Kier molecular flexibility index (Phi) is 4.08. The number of carbonyl (C=O) groups excluding carboxylic acids is 2. The van der Waals surface area contributed by atoms with Crippen molar-refractivity contribution >= 4 is 28.3 Å². The predicted molar refractivity (Wildman–Crippen MR) is 139 cm³/mol. The number of fused-ring (bicyclic) bond motifs is 1. The van der Waals surface area contributed by atoms with E-state index in [0.717, 1.165) is 10.8 Å². The van der Waals surface area contributed by atoms with Crippen molar-refractivity contribution in [1.82, 2.24) is 0 Å². The summed E-state index contributed by atoms with van der Waals surface area (Å²) in [6, 6.07) is 29.0. The molecule has 4 atom stereocenters. The number of amides is 2. The third-order valence-corrected chi connectivity index (χ3v) is 8.41. The Hall–Kier alpha value is -3.72. The van der Waals surface area contributed by atoms with Crippen LogP contribution in [0.4, 0.5) is 5.69 Å². The lowest BCUT2D eigenvalue weighted by atomic mass is 9.54. The Balaban J connectivity index is 1.45. The first-order valence-electron chi connectivity index (χ1n) is 12.4. The maximum Gasteiger partial charge on any atom is 0.238 e. The van der Waals surface area contributed by atoms with Crippen molar-refractivity contribution in [1.29, 1.82) is 0 Å². The van der Waals surface area contributed by atoms with Gasteiger partial charge >= 0.3 is 0 Å². The third kappa shape index (κ3) is 2.67. The van der Waals surface area contributed by atoms with Gasteiger partial charge in [0.25, 0.3) is 0 Å². The molecule has 1 fully saturated rings. The maximum atomic E-state index is 14.2. The van der Waals surface area contributed by atoms with Crippen molar-refractivity contribution in [2.75, 3.05) is 4.90 Å². The molecular weight excluding hydrogens is 430 g/mol. The highest BCUT2D eigenvalue weighted by Crippen LogP contribution is 2.61. The quantitative estimate of drug-likeness (QED) is 0.305. The van der Waals surface area contributed by atoms with Crippen LogP contribution in [0.2, 0.25) is 0 Å². The minimum absolute atomic E-state index is 0.00906. The second-order valence-electron chi connectivity index (χ2n) is 11.2. The van der Waals surface area contributed by atoms with Gasteiger partial charge in [-0.2, -0.15) is 0 Å². The van der Waals surface area contributed by atoms with Crippen LogP contribution in [0.15, 0.2) is 84.9 Å². The van der Waals surface area contributed by atoms with Gasteiger partial charge in [0.2, 0.25) is 11.8 Å². The van der Waals surface area contributed by atoms with E-state index >= 15 is 0 Å². The van der Waals surface area contributed by atoms with E-state index in [1.165, 1.54) is 32.7 Å². The molecule has 2 bridgehead atoms. The highest BCUT2D eigenvalue weighted by atomic mass is 16.2. The van der Waals surface area contributed by atoms with Crippen LogP contribution < -0.4 is 4.90 Å². The molecule has 0 aromatic heterocycles. The number of benzene rings is 4. The Labute approximate surface area is 205 Å². The van der Waals surface area contributed by atoms with Gasteiger partial charge in [-0.05, 0) is 44.7 Å². The summed E-state index contributed by atoms with van der Waals surface area (Å²) >= 11 is 0. The van der Waals surface area contributed by atoms with Crippen molar-refractivity contribution in [2.45, 2.75) is 38.0 Å². The summed E-state index contributed by atoms with van der Waals surface area (Å²) < 4.78 is 0. The van der Waals surface area contributed by atoms with E-state index < -0.39 is 0 Å². The fourth-order valence-electron chi connectivity index (χ4n) is 6.83. The van der Waals surface area contributed by atoms with E-state index in [0.29, 0.717) is 5.69 Å². The molecule has 3 nitrogen and oxygen atoms in total.